The topological polar surface area (TPSA) is 367 Å². The van der Waals surface area contributed by atoms with Crippen LogP contribution in [0.25, 0.3) is 43.8 Å². The van der Waals surface area contributed by atoms with E-state index in [1.54, 1.807) is 0 Å². The van der Waals surface area contributed by atoms with E-state index in [2.05, 4.69) is 10.6 Å². The molecule has 8 N–H and O–H groups in total. The minimum atomic E-state index is -5.38. The van der Waals surface area contributed by atoms with Crippen molar-refractivity contribution in [3.63, 3.8) is 0 Å². The average Bonchev–Trinajstić information content (AvgIpc) is 3.10. The number of urea groups is 1. The zero-order valence-corrected chi connectivity index (χ0v) is 34.1. The fraction of sp³-hybridized carbons (Fsp3) is 0. The summed E-state index contributed by atoms with van der Waals surface area (Å²) in [6.45, 7) is 0. The number of carbonyl (C=O) groups excluding carboxylic acids is 1. The van der Waals surface area contributed by atoms with Crippen molar-refractivity contribution in [3.05, 3.63) is 97.1 Å². The van der Waals surface area contributed by atoms with Gasteiger partial charge in [0.05, 0.1) is 9.79 Å². The number of amides is 2. The third-order valence-electron chi connectivity index (χ3n) is 8.59. The van der Waals surface area contributed by atoms with E-state index in [4.69, 9.17) is 0 Å². The Balaban J connectivity index is 0.00000704. The maximum absolute atomic E-state index is 13.2. The van der Waals surface area contributed by atoms with Crippen LogP contribution in [0.15, 0.2) is 126 Å². The van der Waals surface area contributed by atoms with E-state index in [0.29, 0.717) is 24.3 Å². The third-order valence-corrected chi connectivity index (χ3v) is 13.8. The van der Waals surface area contributed by atoms with Gasteiger partial charge in [0.15, 0.2) is 0 Å². The summed E-state index contributed by atoms with van der Waals surface area (Å²) in [5, 5.41) is 2.24. The van der Waals surface area contributed by atoms with Gasteiger partial charge in [0, 0.05) is 32.9 Å². The summed E-state index contributed by atoms with van der Waals surface area (Å²) in [6.07, 6.45) is 0. The van der Waals surface area contributed by atoms with E-state index >= 15 is 0 Å². The summed E-state index contributed by atoms with van der Waals surface area (Å²) in [4.78, 5) is 6.63. The van der Waals surface area contributed by atoms with Crippen molar-refractivity contribution in [2.75, 3.05) is 10.6 Å². The van der Waals surface area contributed by atoms with Gasteiger partial charge in [-0.1, -0.05) is 36.4 Å². The molecule has 0 spiro atoms. The molecule has 0 aliphatic carbocycles. The monoisotopic (exact) mass is 968 g/mol. The Kier molecular flexibility index (Phi) is 12.8. The van der Waals surface area contributed by atoms with Gasteiger partial charge >= 0.3 is 35.6 Å². The molecule has 318 valence electrons. The van der Waals surface area contributed by atoms with Crippen molar-refractivity contribution < 1.29 is 82.6 Å². The predicted molar refractivity (Wildman–Crippen MR) is 217 cm³/mol. The fourth-order valence-corrected chi connectivity index (χ4v) is 10.3. The van der Waals surface area contributed by atoms with Gasteiger partial charge in [-0.2, -0.15) is 50.5 Å². The summed E-state index contributed by atoms with van der Waals surface area (Å²) < 4.78 is 206. The quantitative estimate of drug-likeness (QED) is 0.0714. The molecule has 0 unspecified atom stereocenters. The maximum atomic E-state index is 13.2. The van der Waals surface area contributed by atoms with Crippen LogP contribution in [0.2, 0.25) is 0 Å². The predicted octanol–water partition coefficient (Wildman–Crippen LogP) is 3.80. The number of hydrogen-bond acceptors (Lipinski definition) is 13. The molecule has 6 aromatic carbocycles. The standard InChI is InChI=1S/C33H24N2O19S6.Na.H/c36-33(34-19-5-1-3-17(11-19)23-7-9-27(57(43,44)45)25-13-21(55(37,38)39)15-29(31(23)25)59(49,50)51)35-20-6-2-4-18(12-20)24-8-10-28(58(46,47)48)26-14-22(56(40,41)42)16-30(32(24)26)60(52,53)54;;/h1-16H,(H2,34,35,36)(H,37,38,39)(H,40,41,42)(H,43,44,45)(H,46,47,48)(H,49,50,51)(H,52,53,54);;. The Bertz CT molecular complexity index is 3330. The molecule has 2 amide bonds. The van der Waals surface area contributed by atoms with Crippen molar-refractivity contribution >= 4 is 129 Å². The Morgan fingerprint density at radius 1 is 0.393 bits per heavy atom. The van der Waals surface area contributed by atoms with E-state index in [0.717, 1.165) is 24.3 Å². The summed E-state index contributed by atoms with van der Waals surface area (Å²) in [5.41, 5.74) is -0.338. The van der Waals surface area contributed by atoms with Crippen LogP contribution in [0.5, 0.6) is 0 Å². The van der Waals surface area contributed by atoms with Gasteiger partial charge in [0.2, 0.25) is 0 Å². The molecule has 0 aliphatic rings. The van der Waals surface area contributed by atoms with Crippen LogP contribution >= 0.6 is 0 Å². The summed E-state index contributed by atoms with van der Waals surface area (Å²) in [5.74, 6) is 0. The van der Waals surface area contributed by atoms with E-state index in [1.807, 2.05) is 0 Å². The zero-order chi connectivity index (χ0) is 44.5. The first-order valence-corrected chi connectivity index (χ1v) is 24.4. The third kappa shape index (κ3) is 10.1. The molecule has 0 fully saturated rings. The molecular formula is C33H25N2NaO19S6. The molecule has 0 bridgehead atoms. The van der Waals surface area contributed by atoms with Crippen molar-refractivity contribution in [2.45, 2.75) is 29.4 Å². The van der Waals surface area contributed by atoms with Gasteiger partial charge in [-0.3, -0.25) is 27.3 Å². The number of hydrogen-bond donors (Lipinski definition) is 8. The molecule has 6 aromatic rings. The van der Waals surface area contributed by atoms with Crippen molar-refractivity contribution in [3.8, 4) is 22.3 Å². The van der Waals surface area contributed by atoms with Crippen molar-refractivity contribution in [1.29, 1.82) is 0 Å². The van der Waals surface area contributed by atoms with Crippen LogP contribution in [0.4, 0.5) is 16.2 Å². The summed E-state index contributed by atoms with van der Waals surface area (Å²) in [7, 11) is -31.5. The normalized spacial score (nSPS) is 12.8. The number of anilines is 2. The zero-order valence-electron chi connectivity index (χ0n) is 29.2. The van der Waals surface area contributed by atoms with Gasteiger partial charge < -0.3 is 10.6 Å². The van der Waals surface area contributed by atoms with Crippen LogP contribution in [0.1, 0.15) is 0 Å². The molecule has 61 heavy (non-hydrogen) atoms. The first-order valence-electron chi connectivity index (χ1n) is 15.8. The van der Waals surface area contributed by atoms with Crippen molar-refractivity contribution in [2.24, 2.45) is 0 Å². The van der Waals surface area contributed by atoms with Crippen LogP contribution in [-0.4, -0.2) is 113 Å². The number of rotatable bonds is 10. The molecule has 6 rings (SSSR count). The number of nitrogens with one attached hydrogen (secondary N) is 2. The van der Waals surface area contributed by atoms with E-state index in [9.17, 15) is 82.6 Å². The molecule has 0 saturated carbocycles. The first kappa shape index (κ1) is 47.6. The van der Waals surface area contributed by atoms with Gasteiger partial charge in [-0.25, -0.2) is 4.79 Å². The molecule has 0 aromatic heterocycles. The molecule has 0 saturated heterocycles. The van der Waals surface area contributed by atoms with Gasteiger partial charge in [-0.05, 0) is 82.9 Å². The van der Waals surface area contributed by atoms with E-state index in [-0.39, 0.29) is 63.2 Å². The summed E-state index contributed by atoms with van der Waals surface area (Å²) in [6, 6.07) is 15.0. The molecular weight excluding hydrogens is 944 g/mol. The average molecular weight is 969 g/mol. The Labute approximate surface area is 368 Å². The molecule has 0 heterocycles. The van der Waals surface area contributed by atoms with E-state index in [1.165, 1.54) is 48.5 Å². The van der Waals surface area contributed by atoms with Gasteiger partial charge in [0.1, 0.15) is 19.6 Å². The summed E-state index contributed by atoms with van der Waals surface area (Å²) >= 11 is 0. The van der Waals surface area contributed by atoms with Gasteiger partial charge in [-0.15, -0.1) is 0 Å². The second-order valence-electron chi connectivity index (χ2n) is 12.5. The van der Waals surface area contributed by atoms with Gasteiger partial charge in [0.25, 0.3) is 60.7 Å². The number of fused-ring (bicyclic) bond motifs is 2. The Morgan fingerprint density at radius 3 is 1.02 bits per heavy atom. The molecule has 0 atom stereocenters. The van der Waals surface area contributed by atoms with Crippen LogP contribution < -0.4 is 10.6 Å². The van der Waals surface area contributed by atoms with Crippen LogP contribution in [0.3, 0.4) is 0 Å². The van der Waals surface area contributed by atoms with Crippen LogP contribution in [-0.2, 0) is 60.7 Å². The fourth-order valence-electron chi connectivity index (χ4n) is 6.25. The SMILES string of the molecule is O=C(Nc1cccc(-c2ccc(S(=O)(=O)O)c3cc(S(=O)(=O)O)cc(S(=O)(=O)O)c23)c1)Nc1cccc(-c2ccc(S(=O)(=O)O)c3cc(S(=O)(=O)O)cc(S(=O)(=O)O)c23)c1.[NaH]. The Hall–Kier alpha value is -4.43. The Morgan fingerprint density at radius 2 is 0.721 bits per heavy atom. The molecule has 0 aliphatic heterocycles. The minimum absolute atomic E-state index is 0. The van der Waals surface area contributed by atoms with E-state index < -0.39 is 118 Å². The molecule has 21 nitrogen and oxygen atoms in total. The van der Waals surface area contributed by atoms with Crippen molar-refractivity contribution in [1.82, 2.24) is 0 Å². The molecule has 0 radical (unpaired) electrons. The molecule has 28 heteroatoms. The number of carbonyl (C=O) groups is 1. The first-order chi connectivity index (χ1) is 27.4. The second kappa shape index (κ2) is 16.4. The van der Waals surface area contributed by atoms with Crippen LogP contribution in [0, 0.1) is 0 Å². The number of benzene rings is 6. The second-order valence-corrected chi connectivity index (χ2v) is 20.9.